The first-order valence-corrected chi connectivity index (χ1v) is 6.58. The fourth-order valence-corrected chi connectivity index (χ4v) is 2.23. The Hall–Kier alpha value is -1.34. The van der Waals surface area contributed by atoms with E-state index in [-0.39, 0.29) is 5.82 Å². The minimum atomic E-state index is -0.290. The molecule has 2 aromatic carbocycles. The third-order valence-corrected chi connectivity index (χ3v) is 3.32. The molecular weight excluding hydrogens is 247 g/mol. The average Bonchev–Trinajstić information content (AvgIpc) is 2.35. The van der Waals surface area contributed by atoms with Gasteiger partial charge in [0.05, 0.1) is 0 Å². The zero-order valence-electron chi connectivity index (χ0n) is 10.4. The number of rotatable bonds is 4. The minimum absolute atomic E-state index is 0.290. The van der Waals surface area contributed by atoms with Crippen molar-refractivity contribution >= 4 is 11.6 Å². The maximum Gasteiger partial charge on any atom is 0.124 e. The van der Waals surface area contributed by atoms with E-state index in [0.717, 1.165) is 24.8 Å². The molecule has 0 bridgehead atoms. The van der Waals surface area contributed by atoms with E-state index in [1.807, 2.05) is 0 Å². The van der Waals surface area contributed by atoms with Gasteiger partial charge in [0.25, 0.3) is 0 Å². The van der Waals surface area contributed by atoms with E-state index < -0.39 is 0 Å². The molecule has 0 heterocycles. The van der Waals surface area contributed by atoms with E-state index in [1.54, 1.807) is 6.07 Å². The van der Waals surface area contributed by atoms with E-state index in [2.05, 4.69) is 31.2 Å². The Morgan fingerprint density at radius 2 is 1.67 bits per heavy atom. The van der Waals surface area contributed by atoms with Gasteiger partial charge in [0.2, 0.25) is 0 Å². The molecule has 0 nitrogen and oxygen atoms in total. The molecule has 0 saturated carbocycles. The van der Waals surface area contributed by atoms with Crippen LogP contribution < -0.4 is 0 Å². The summed E-state index contributed by atoms with van der Waals surface area (Å²) in [7, 11) is 0. The molecule has 0 N–H and O–H groups in total. The van der Waals surface area contributed by atoms with Crippen LogP contribution in [-0.4, -0.2) is 0 Å². The van der Waals surface area contributed by atoms with Gasteiger partial charge in [-0.05, 0) is 41.7 Å². The third-order valence-electron chi connectivity index (χ3n) is 2.97. The van der Waals surface area contributed by atoms with Gasteiger partial charge >= 0.3 is 0 Å². The Balaban J connectivity index is 2.13. The largest absolute Gasteiger partial charge is 0.207 e. The maximum atomic E-state index is 12.9. The van der Waals surface area contributed by atoms with Crippen molar-refractivity contribution in [3.63, 3.8) is 0 Å². The van der Waals surface area contributed by atoms with Crippen LogP contribution in [0.25, 0.3) is 0 Å². The summed E-state index contributed by atoms with van der Waals surface area (Å²) in [5, 5.41) is 0.493. The fourth-order valence-electron chi connectivity index (χ4n) is 2.00. The van der Waals surface area contributed by atoms with Crippen molar-refractivity contribution in [1.29, 1.82) is 0 Å². The van der Waals surface area contributed by atoms with Gasteiger partial charge in [-0.15, -0.1) is 0 Å². The van der Waals surface area contributed by atoms with Crippen LogP contribution in [0.1, 0.15) is 30.0 Å². The first-order chi connectivity index (χ1) is 8.69. The van der Waals surface area contributed by atoms with Crippen molar-refractivity contribution in [3.8, 4) is 0 Å². The molecule has 0 spiro atoms. The summed E-state index contributed by atoms with van der Waals surface area (Å²) in [6.45, 7) is 2.17. The summed E-state index contributed by atoms with van der Waals surface area (Å²) < 4.78 is 12.9. The number of hydrogen-bond donors (Lipinski definition) is 0. The zero-order chi connectivity index (χ0) is 13.0. The number of aryl methyl sites for hydroxylation is 1. The summed E-state index contributed by atoms with van der Waals surface area (Å²) in [6.07, 6.45) is 3.01. The zero-order valence-corrected chi connectivity index (χ0v) is 11.2. The van der Waals surface area contributed by atoms with Crippen LogP contribution in [0, 0.1) is 5.82 Å². The standard InChI is InChI=1S/C16H16ClF/c1-2-3-12-4-6-13(7-5-12)10-14-8-9-15(18)11-16(14)17/h4-9,11H,2-3,10H2,1H3. The molecule has 0 atom stereocenters. The van der Waals surface area contributed by atoms with Gasteiger partial charge in [-0.3, -0.25) is 0 Å². The SMILES string of the molecule is CCCc1ccc(Cc2ccc(F)cc2Cl)cc1. The van der Waals surface area contributed by atoms with Crippen LogP contribution in [0.2, 0.25) is 5.02 Å². The van der Waals surface area contributed by atoms with Crippen molar-refractivity contribution in [2.45, 2.75) is 26.2 Å². The van der Waals surface area contributed by atoms with Crippen molar-refractivity contribution in [2.75, 3.05) is 0 Å². The van der Waals surface area contributed by atoms with Gasteiger partial charge in [0.15, 0.2) is 0 Å². The number of benzene rings is 2. The van der Waals surface area contributed by atoms with E-state index in [1.165, 1.54) is 23.3 Å². The number of halogens is 2. The second-order valence-electron chi connectivity index (χ2n) is 4.48. The predicted molar refractivity (Wildman–Crippen MR) is 74.7 cm³/mol. The van der Waals surface area contributed by atoms with E-state index in [0.29, 0.717) is 5.02 Å². The van der Waals surface area contributed by atoms with Crippen molar-refractivity contribution in [2.24, 2.45) is 0 Å². The topological polar surface area (TPSA) is 0 Å². The van der Waals surface area contributed by atoms with Crippen LogP contribution >= 0.6 is 11.6 Å². The lowest BCUT2D eigenvalue weighted by Crippen LogP contribution is -1.91. The highest BCUT2D eigenvalue weighted by Gasteiger charge is 2.03. The first kappa shape index (κ1) is 13.1. The number of hydrogen-bond acceptors (Lipinski definition) is 0. The summed E-state index contributed by atoms with van der Waals surface area (Å²) in [6, 6.07) is 13.1. The average molecular weight is 263 g/mol. The van der Waals surface area contributed by atoms with Crippen LogP contribution in [-0.2, 0) is 12.8 Å². The minimum Gasteiger partial charge on any atom is -0.207 e. The normalized spacial score (nSPS) is 10.6. The van der Waals surface area contributed by atoms with Crippen molar-refractivity contribution in [1.82, 2.24) is 0 Å². The van der Waals surface area contributed by atoms with Gasteiger partial charge in [0.1, 0.15) is 5.82 Å². The Bertz CT molecular complexity index is 517. The van der Waals surface area contributed by atoms with Gasteiger partial charge in [-0.25, -0.2) is 4.39 Å². The molecule has 0 aliphatic heterocycles. The Kier molecular flexibility index (Phi) is 4.38. The lowest BCUT2D eigenvalue weighted by atomic mass is 10.0. The first-order valence-electron chi connectivity index (χ1n) is 6.21. The van der Waals surface area contributed by atoms with E-state index in [4.69, 9.17) is 11.6 Å². The summed E-state index contributed by atoms with van der Waals surface area (Å²) >= 11 is 6.02. The molecule has 2 aromatic rings. The molecule has 0 unspecified atom stereocenters. The lowest BCUT2D eigenvalue weighted by molar-refractivity contribution is 0.627. The van der Waals surface area contributed by atoms with Crippen LogP contribution in [0.15, 0.2) is 42.5 Å². The van der Waals surface area contributed by atoms with Crippen LogP contribution in [0.4, 0.5) is 4.39 Å². The molecule has 18 heavy (non-hydrogen) atoms. The molecule has 0 aliphatic rings. The second kappa shape index (κ2) is 6.01. The quantitative estimate of drug-likeness (QED) is 0.726. The molecule has 0 aliphatic carbocycles. The van der Waals surface area contributed by atoms with Crippen LogP contribution in [0.5, 0.6) is 0 Å². The van der Waals surface area contributed by atoms with E-state index >= 15 is 0 Å². The Labute approximate surface area is 112 Å². The van der Waals surface area contributed by atoms with Crippen molar-refractivity contribution < 1.29 is 4.39 Å². The molecule has 2 heteroatoms. The molecule has 0 radical (unpaired) electrons. The molecule has 0 amide bonds. The summed E-state index contributed by atoms with van der Waals surface area (Å²) in [4.78, 5) is 0. The molecule has 0 fully saturated rings. The summed E-state index contributed by atoms with van der Waals surface area (Å²) in [5.74, 6) is -0.290. The summed E-state index contributed by atoms with van der Waals surface area (Å²) in [5.41, 5.74) is 3.51. The monoisotopic (exact) mass is 262 g/mol. The highest BCUT2D eigenvalue weighted by molar-refractivity contribution is 6.31. The predicted octanol–water partition coefficient (Wildman–Crippen LogP) is 5.02. The molecule has 2 rings (SSSR count). The van der Waals surface area contributed by atoms with Crippen molar-refractivity contribution in [3.05, 3.63) is 70.0 Å². The Morgan fingerprint density at radius 1 is 1.00 bits per heavy atom. The Morgan fingerprint density at radius 3 is 2.28 bits per heavy atom. The molecule has 0 aromatic heterocycles. The fraction of sp³-hybridized carbons (Fsp3) is 0.250. The molecular formula is C16H16ClF. The lowest BCUT2D eigenvalue weighted by Gasteiger charge is -2.06. The van der Waals surface area contributed by atoms with Gasteiger partial charge in [-0.1, -0.05) is 55.3 Å². The van der Waals surface area contributed by atoms with Gasteiger partial charge < -0.3 is 0 Å². The highest BCUT2D eigenvalue weighted by Crippen LogP contribution is 2.20. The van der Waals surface area contributed by atoms with Gasteiger partial charge in [-0.2, -0.15) is 0 Å². The smallest absolute Gasteiger partial charge is 0.124 e. The van der Waals surface area contributed by atoms with Gasteiger partial charge in [0, 0.05) is 5.02 Å². The highest BCUT2D eigenvalue weighted by atomic mass is 35.5. The molecule has 0 saturated heterocycles. The third kappa shape index (κ3) is 3.33. The molecule has 94 valence electrons. The maximum absolute atomic E-state index is 12.9. The second-order valence-corrected chi connectivity index (χ2v) is 4.89. The van der Waals surface area contributed by atoms with E-state index in [9.17, 15) is 4.39 Å². The van der Waals surface area contributed by atoms with Crippen LogP contribution in [0.3, 0.4) is 0 Å².